The summed E-state index contributed by atoms with van der Waals surface area (Å²) in [7, 11) is 0. The average Bonchev–Trinajstić information content (AvgIpc) is 3.20. The Balaban J connectivity index is 1.32. The fourth-order valence-corrected chi connectivity index (χ4v) is 5.98. The molecule has 5 aromatic carbocycles. The van der Waals surface area contributed by atoms with E-state index < -0.39 is 0 Å². The lowest BCUT2D eigenvalue weighted by molar-refractivity contribution is 1.24. The molecule has 0 aliphatic heterocycles. The summed E-state index contributed by atoms with van der Waals surface area (Å²) < 4.78 is 2.29. The number of anilines is 2. The number of rotatable bonds is 8. The van der Waals surface area contributed by atoms with Crippen LogP contribution in [0.25, 0.3) is 44.2 Å². The highest BCUT2D eigenvalue weighted by atomic mass is 15.0. The number of nitrogens with one attached hydrogen (secondary N) is 1. The van der Waals surface area contributed by atoms with Gasteiger partial charge in [-0.1, -0.05) is 140 Å². The number of hydrogen-bond donors (Lipinski definition) is 1. The van der Waals surface area contributed by atoms with Gasteiger partial charge in [-0.05, 0) is 71.2 Å². The van der Waals surface area contributed by atoms with Gasteiger partial charge in [-0.3, -0.25) is 0 Å². The minimum absolute atomic E-state index is 0.913. The summed E-state index contributed by atoms with van der Waals surface area (Å²) in [5.41, 5.74) is 11.1. The Bertz CT molecular complexity index is 2150. The van der Waals surface area contributed by atoms with Crippen molar-refractivity contribution in [3.8, 4) is 11.1 Å². The molecule has 1 aliphatic carbocycles. The molecule has 45 heavy (non-hydrogen) atoms. The van der Waals surface area contributed by atoms with Crippen LogP contribution in [0, 0.1) is 0 Å². The molecule has 216 valence electrons. The summed E-state index contributed by atoms with van der Waals surface area (Å²) in [6.45, 7) is 4.62. The molecule has 0 unspecified atom stereocenters. The van der Waals surface area contributed by atoms with Crippen molar-refractivity contribution >= 4 is 44.5 Å². The minimum atomic E-state index is 0.913. The van der Waals surface area contributed by atoms with Gasteiger partial charge in [-0.25, -0.2) is 0 Å². The molecular weight excluding hydrogens is 544 g/mol. The second-order valence-corrected chi connectivity index (χ2v) is 11.1. The highest BCUT2D eigenvalue weighted by molar-refractivity contribution is 6.12. The van der Waals surface area contributed by atoms with Crippen molar-refractivity contribution in [1.82, 2.24) is 4.57 Å². The van der Waals surface area contributed by atoms with Crippen molar-refractivity contribution in [2.45, 2.75) is 6.42 Å². The molecule has 0 amide bonds. The van der Waals surface area contributed by atoms with Gasteiger partial charge < -0.3 is 9.88 Å². The van der Waals surface area contributed by atoms with E-state index >= 15 is 0 Å². The standard InChI is InChI=1S/C43H34N2/c1-32(30-35(34-18-8-4-9-19-34)27-26-33-16-6-2-3-7-17-33)45-42-25-15-13-23-39(42)40-31-36(28-29-43(40)45)38-22-12-14-24-41(38)44-37-20-10-5-11-21-37/h2-6,8-31,44H,1,7H2/b27-26+,35-30+. The highest BCUT2D eigenvalue weighted by Crippen LogP contribution is 2.37. The second kappa shape index (κ2) is 12.8. The van der Waals surface area contributed by atoms with Crippen LogP contribution in [-0.4, -0.2) is 4.57 Å². The molecule has 0 radical (unpaired) electrons. The van der Waals surface area contributed by atoms with E-state index in [4.69, 9.17) is 0 Å². The van der Waals surface area contributed by atoms with Gasteiger partial charge in [-0.2, -0.15) is 0 Å². The second-order valence-electron chi connectivity index (χ2n) is 11.1. The summed E-state index contributed by atoms with van der Waals surface area (Å²) in [5, 5.41) is 6.01. The van der Waals surface area contributed by atoms with Crippen LogP contribution in [0.4, 0.5) is 11.4 Å². The molecule has 7 rings (SSSR count). The van der Waals surface area contributed by atoms with Crippen LogP contribution in [0.5, 0.6) is 0 Å². The lowest BCUT2D eigenvalue weighted by Gasteiger charge is -2.13. The van der Waals surface area contributed by atoms with Crippen molar-refractivity contribution in [2.75, 3.05) is 5.32 Å². The Morgan fingerprint density at radius 2 is 1.44 bits per heavy atom. The Kier molecular flexibility index (Phi) is 7.94. The topological polar surface area (TPSA) is 17.0 Å². The molecule has 2 heteroatoms. The van der Waals surface area contributed by atoms with Gasteiger partial charge in [0, 0.05) is 33.4 Å². The molecule has 0 atom stereocenters. The van der Waals surface area contributed by atoms with E-state index in [0.29, 0.717) is 0 Å². The molecule has 0 spiro atoms. The zero-order valence-electron chi connectivity index (χ0n) is 25.1. The predicted octanol–water partition coefficient (Wildman–Crippen LogP) is 11.8. The van der Waals surface area contributed by atoms with E-state index in [1.54, 1.807) is 0 Å². The number of fused-ring (bicyclic) bond motifs is 3. The molecule has 6 aromatic rings. The summed E-state index contributed by atoms with van der Waals surface area (Å²) in [6, 6.07) is 44.7. The van der Waals surface area contributed by atoms with E-state index in [0.717, 1.165) is 56.8 Å². The smallest absolute Gasteiger partial charge is 0.0541 e. The van der Waals surface area contributed by atoms with Crippen LogP contribution < -0.4 is 5.32 Å². The van der Waals surface area contributed by atoms with Gasteiger partial charge in [0.1, 0.15) is 0 Å². The first-order valence-corrected chi connectivity index (χ1v) is 15.4. The van der Waals surface area contributed by atoms with Gasteiger partial charge in [0.15, 0.2) is 0 Å². The van der Waals surface area contributed by atoms with Crippen LogP contribution in [0.15, 0.2) is 188 Å². The lowest BCUT2D eigenvalue weighted by Crippen LogP contribution is -1.95. The molecule has 0 fully saturated rings. The zero-order valence-corrected chi connectivity index (χ0v) is 25.1. The normalized spacial score (nSPS) is 13.3. The largest absolute Gasteiger partial charge is 0.355 e. The fraction of sp³-hybridized carbons (Fsp3) is 0.0233. The highest BCUT2D eigenvalue weighted by Gasteiger charge is 2.15. The molecule has 1 N–H and O–H groups in total. The van der Waals surface area contributed by atoms with Gasteiger partial charge in [0.05, 0.1) is 11.0 Å². The Morgan fingerprint density at radius 3 is 2.31 bits per heavy atom. The number of nitrogens with zero attached hydrogens (tertiary/aromatic N) is 1. The van der Waals surface area contributed by atoms with Gasteiger partial charge >= 0.3 is 0 Å². The van der Waals surface area contributed by atoms with E-state index in [1.165, 1.54) is 16.3 Å². The summed E-state index contributed by atoms with van der Waals surface area (Å²) in [4.78, 5) is 0. The van der Waals surface area contributed by atoms with E-state index in [1.807, 2.05) is 6.07 Å². The zero-order chi connectivity index (χ0) is 30.4. The molecule has 1 heterocycles. The third-order valence-corrected chi connectivity index (χ3v) is 8.16. The Labute approximate surface area is 265 Å². The predicted molar refractivity (Wildman–Crippen MR) is 194 cm³/mol. The molecule has 0 saturated carbocycles. The van der Waals surface area contributed by atoms with Gasteiger partial charge in [-0.15, -0.1) is 0 Å². The van der Waals surface area contributed by atoms with Gasteiger partial charge in [0.2, 0.25) is 0 Å². The van der Waals surface area contributed by atoms with E-state index in [-0.39, 0.29) is 0 Å². The van der Waals surface area contributed by atoms with Gasteiger partial charge in [0.25, 0.3) is 0 Å². The van der Waals surface area contributed by atoms with Crippen LogP contribution >= 0.6 is 0 Å². The SMILES string of the molecule is C=C(/C=C(\C=C\C1=CCC=CC=C1)c1ccccc1)n1c2ccccc2c2cc(-c3ccccc3Nc3ccccc3)ccc21. The third kappa shape index (κ3) is 6.00. The summed E-state index contributed by atoms with van der Waals surface area (Å²) in [6.07, 6.45) is 18.3. The van der Waals surface area contributed by atoms with Crippen molar-refractivity contribution in [2.24, 2.45) is 0 Å². The maximum absolute atomic E-state index is 4.62. The molecule has 1 aromatic heterocycles. The van der Waals surface area contributed by atoms with Crippen molar-refractivity contribution in [3.63, 3.8) is 0 Å². The Hall–Kier alpha value is -5.86. The Morgan fingerprint density at radius 1 is 0.711 bits per heavy atom. The summed E-state index contributed by atoms with van der Waals surface area (Å²) in [5.74, 6) is 0. The molecular formula is C43H34N2. The van der Waals surface area contributed by atoms with Crippen LogP contribution in [0.1, 0.15) is 12.0 Å². The quantitative estimate of drug-likeness (QED) is 0.178. The van der Waals surface area contributed by atoms with E-state index in [9.17, 15) is 0 Å². The number of hydrogen-bond acceptors (Lipinski definition) is 1. The minimum Gasteiger partial charge on any atom is -0.355 e. The van der Waals surface area contributed by atoms with Crippen molar-refractivity contribution < 1.29 is 0 Å². The number of para-hydroxylation sites is 3. The molecule has 0 bridgehead atoms. The third-order valence-electron chi connectivity index (χ3n) is 8.16. The first-order valence-electron chi connectivity index (χ1n) is 15.4. The lowest BCUT2D eigenvalue weighted by atomic mass is 10.0. The van der Waals surface area contributed by atoms with Crippen molar-refractivity contribution in [1.29, 1.82) is 0 Å². The maximum Gasteiger partial charge on any atom is 0.0541 e. The van der Waals surface area contributed by atoms with E-state index in [2.05, 4.69) is 186 Å². The summed E-state index contributed by atoms with van der Waals surface area (Å²) >= 11 is 0. The first kappa shape index (κ1) is 27.9. The van der Waals surface area contributed by atoms with Crippen LogP contribution in [-0.2, 0) is 0 Å². The molecule has 2 nitrogen and oxygen atoms in total. The molecule has 1 aliphatic rings. The van der Waals surface area contributed by atoms with Crippen LogP contribution in [0.2, 0.25) is 0 Å². The first-order chi connectivity index (χ1) is 22.2. The average molecular weight is 579 g/mol. The number of benzene rings is 5. The monoisotopic (exact) mass is 578 g/mol. The van der Waals surface area contributed by atoms with Crippen molar-refractivity contribution in [3.05, 3.63) is 194 Å². The van der Waals surface area contributed by atoms with Crippen LogP contribution in [0.3, 0.4) is 0 Å². The number of aromatic nitrogens is 1. The number of allylic oxidation sites excluding steroid dienone is 11. The molecule has 0 saturated heterocycles. The maximum atomic E-state index is 4.62. The fourth-order valence-electron chi connectivity index (χ4n) is 5.98.